The molecule has 0 radical (unpaired) electrons. The zero-order chi connectivity index (χ0) is 18.1. The molecule has 2 rings (SSSR count). The molecule has 0 saturated carbocycles. The largest absolute Gasteiger partial charge is 0.468 e. The predicted molar refractivity (Wildman–Crippen MR) is 92.8 cm³/mol. The summed E-state index contributed by atoms with van der Waals surface area (Å²) < 4.78 is 4.75. The molecule has 2 aromatic rings. The van der Waals surface area contributed by atoms with Crippen LogP contribution in [0.1, 0.15) is 11.6 Å². The molecule has 7 nitrogen and oxygen atoms in total. The Morgan fingerprint density at radius 2 is 1.56 bits per heavy atom. The Bertz CT molecular complexity index is 720. The van der Waals surface area contributed by atoms with Crippen molar-refractivity contribution in [3.63, 3.8) is 0 Å². The number of benzene rings is 2. The van der Waals surface area contributed by atoms with Gasteiger partial charge in [-0.25, -0.2) is 9.59 Å². The molecule has 0 bridgehead atoms. The zero-order valence-electron chi connectivity index (χ0n) is 13.7. The lowest BCUT2D eigenvalue weighted by molar-refractivity contribution is -0.143. The molecule has 0 aromatic heterocycles. The summed E-state index contributed by atoms with van der Waals surface area (Å²) in [4.78, 5) is 35.6. The molecule has 0 spiro atoms. The van der Waals surface area contributed by atoms with Crippen LogP contribution < -0.4 is 16.0 Å². The van der Waals surface area contributed by atoms with E-state index in [1.54, 1.807) is 48.5 Å². The summed E-state index contributed by atoms with van der Waals surface area (Å²) >= 11 is 0. The number of urea groups is 1. The van der Waals surface area contributed by atoms with Crippen LogP contribution in [0.2, 0.25) is 0 Å². The summed E-state index contributed by atoms with van der Waals surface area (Å²) in [5.74, 6) is -1.09. The first-order chi connectivity index (χ1) is 12.1. The third kappa shape index (κ3) is 5.74. The van der Waals surface area contributed by atoms with Gasteiger partial charge in [-0.2, -0.15) is 0 Å². The molecule has 0 unspecified atom stereocenters. The summed E-state index contributed by atoms with van der Waals surface area (Å²) in [6, 6.07) is 16.2. The standard InChI is InChI=1S/C18H19N3O4/c1-25-17(23)16(13-8-4-2-5-9-13)19-12-15(22)21-18(24)20-14-10-6-3-7-11-14/h2-11,16,19H,12H2,1H3,(H2,20,21,22,24)/t16-/m1/s1. The average molecular weight is 341 g/mol. The van der Waals surface area contributed by atoms with E-state index in [4.69, 9.17) is 4.74 Å². The maximum Gasteiger partial charge on any atom is 0.327 e. The van der Waals surface area contributed by atoms with E-state index in [2.05, 4.69) is 16.0 Å². The van der Waals surface area contributed by atoms with Gasteiger partial charge in [0.15, 0.2) is 0 Å². The minimum absolute atomic E-state index is 0.225. The van der Waals surface area contributed by atoms with E-state index in [0.717, 1.165) is 0 Å². The molecule has 0 aliphatic rings. The van der Waals surface area contributed by atoms with Crippen molar-refractivity contribution in [1.82, 2.24) is 10.6 Å². The number of para-hydroxylation sites is 1. The molecule has 0 aliphatic heterocycles. The number of hydrogen-bond donors (Lipinski definition) is 3. The van der Waals surface area contributed by atoms with Gasteiger partial charge in [-0.3, -0.25) is 15.4 Å². The Labute approximate surface area is 145 Å². The Balaban J connectivity index is 1.88. The quantitative estimate of drug-likeness (QED) is 0.697. The number of carbonyl (C=O) groups excluding carboxylic acids is 3. The van der Waals surface area contributed by atoms with Crippen molar-refractivity contribution >= 4 is 23.6 Å². The van der Waals surface area contributed by atoms with Crippen LogP contribution in [0.15, 0.2) is 60.7 Å². The van der Waals surface area contributed by atoms with E-state index in [9.17, 15) is 14.4 Å². The second kappa shape index (κ2) is 9.19. The number of anilines is 1. The highest BCUT2D eigenvalue weighted by Crippen LogP contribution is 2.13. The van der Waals surface area contributed by atoms with E-state index in [0.29, 0.717) is 11.3 Å². The van der Waals surface area contributed by atoms with Crippen molar-refractivity contribution in [2.45, 2.75) is 6.04 Å². The number of methoxy groups -OCH3 is 1. The van der Waals surface area contributed by atoms with Crippen molar-refractivity contribution in [1.29, 1.82) is 0 Å². The molecular weight excluding hydrogens is 322 g/mol. The van der Waals surface area contributed by atoms with Crippen LogP contribution in [0.3, 0.4) is 0 Å². The highest BCUT2D eigenvalue weighted by atomic mass is 16.5. The second-order valence-corrected chi connectivity index (χ2v) is 5.12. The van der Waals surface area contributed by atoms with Crippen LogP contribution in [-0.2, 0) is 14.3 Å². The Kier molecular flexibility index (Phi) is 6.67. The van der Waals surface area contributed by atoms with E-state index < -0.39 is 23.9 Å². The molecule has 0 heterocycles. The van der Waals surface area contributed by atoms with Crippen LogP contribution >= 0.6 is 0 Å². The smallest absolute Gasteiger partial charge is 0.327 e. The number of esters is 1. The van der Waals surface area contributed by atoms with Crippen LogP contribution in [0.4, 0.5) is 10.5 Å². The Morgan fingerprint density at radius 1 is 0.960 bits per heavy atom. The van der Waals surface area contributed by atoms with Gasteiger partial charge in [-0.1, -0.05) is 48.5 Å². The molecule has 3 amide bonds. The fraction of sp³-hybridized carbons (Fsp3) is 0.167. The van der Waals surface area contributed by atoms with Gasteiger partial charge < -0.3 is 10.1 Å². The number of imide groups is 1. The minimum atomic E-state index is -0.797. The van der Waals surface area contributed by atoms with Gasteiger partial charge >= 0.3 is 12.0 Å². The van der Waals surface area contributed by atoms with Gasteiger partial charge in [0.05, 0.1) is 13.7 Å². The summed E-state index contributed by atoms with van der Waals surface area (Å²) in [5.41, 5.74) is 1.23. The molecular formula is C18H19N3O4. The highest BCUT2D eigenvalue weighted by Gasteiger charge is 2.21. The first-order valence-electron chi connectivity index (χ1n) is 7.62. The van der Waals surface area contributed by atoms with Crippen molar-refractivity contribution < 1.29 is 19.1 Å². The minimum Gasteiger partial charge on any atom is -0.468 e. The lowest BCUT2D eigenvalue weighted by Gasteiger charge is -2.16. The summed E-state index contributed by atoms with van der Waals surface area (Å²) in [6.07, 6.45) is 0. The Morgan fingerprint density at radius 3 is 2.16 bits per heavy atom. The van der Waals surface area contributed by atoms with Gasteiger partial charge in [0, 0.05) is 5.69 Å². The van der Waals surface area contributed by atoms with Gasteiger partial charge in [0.25, 0.3) is 0 Å². The second-order valence-electron chi connectivity index (χ2n) is 5.12. The maximum absolute atomic E-state index is 11.9. The Hall–Kier alpha value is -3.19. The number of rotatable bonds is 6. The van der Waals surface area contributed by atoms with Crippen LogP contribution in [-0.4, -0.2) is 31.6 Å². The van der Waals surface area contributed by atoms with Crippen LogP contribution in [0, 0.1) is 0 Å². The summed E-state index contributed by atoms with van der Waals surface area (Å²) in [7, 11) is 1.27. The molecule has 130 valence electrons. The van der Waals surface area contributed by atoms with E-state index in [-0.39, 0.29) is 6.54 Å². The topological polar surface area (TPSA) is 96.5 Å². The van der Waals surface area contributed by atoms with Crippen molar-refractivity contribution in [3.05, 3.63) is 66.2 Å². The van der Waals surface area contributed by atoms with Crippen molar-refractivity contribution in [2.75, 3.05) is 19.0 Å². The molecule has 0 aliphatic carbocycles. The van der Waals surface area contributed by atoms with Gasteiger partial charge in [-0.05, 0) is 17.7 Å². The molecule has 1 atom stereocenters. The molecule has 0 saturated heterocycles. The van der Waals surface area contributed by atoms with Crippen LogP contribution in [0.25, 0.3) is 0 Å². The highest BCUT2D eigenvalue weighted by molar-refractivity contribution is 6.01. The number of ether oxygens (including phenoxy) is 1. The fourth-order valence-corrected chi connectivity index (χ4v) is 2.15. The molecule has 7 heteroatoms. The molecule has 25 heavy (non-hydrogen) atoms. The summed E-state index contributed by atoms with van der Waals surface area (Å²) in [5, 5.41) is 7.51. The van der Waals surface area contributed by atoms with Gasteiger partial charge in [0.2, 0.25) is 5.91 Å². The van der Waals surface area contributed by atoms with E-state index in [1.807, 2.05) is 12.1 Å². The molecule has 0 fully saturated rings. The molecule has 2 aromatic carbocycles. The predicted octanol–water partition coefficient (Wildman–Crippen LogP) is 1.84. The number of nitrogens with one attached hydrogen (secondary N) is 3. The first kappa shape index (κ1) is 18.2. The van der Waals surface area contributed by atoms with E-state index in [1.165, 1.54) is 7.11 Å². The number of hydrogen-bond acceptors (Lipinski definition) is 5. The molecule has 3 N–H and O–H groups in total. The maximum atomic E-state index is 11.9. The lowest BCUT2D eigenvalue weighted by Crippen LogP contribution is -2.42. The third-order valence-electron chi connectivity index (χ3n) is 3.32. The lowest BCUT2D eigenvalue weighted by atomic mass is 10.1. The van der Waals surface area contributed by atoms with Crippen LogP contribution in [0.5, 0.6) is 0 Å². The van der Waals surface area contributed by atoms with Crippen molar-refractivity contribution in [3.8, 4) is 0 Å². The summed E-state index contributed by atoms with van der Waals surface area (Å²) in [6.45, 7) is -0.225. The van der Waals surface area contributed by atoms with Gasteiger partial charge in [0.1, 0.15) is 6.04 Å². The van der Waals surface area contributed by atoms with Crippen molar-refractivity contribution in [2.24, 2.45) is 0 Å². The first-order valence-corrected chi connectivity index (χ1v) is 7.62. The SMILES string of the molecule is COC(=O)[C@H](NCC(=O)NC(=O)Nc1ccccc1)c1ccccc1. The normalized spacial score (nSPS) is 11.2. The number of carbonyl (C=O) groups is 3. The van der Waals surface area contributed by atoms with Gasteiger partial charge in [-0.15, -0.1) is 0 Å². The fourth-order valence-electron chi connectivity index (χ4n) is 2.15. The van der Waals surface area contributed by atoms with E-state index >= 15 is 0 Å². The zero-order valence-corrected chi connectivity index (χ0v) is 13.7. The monoisotopic (exact) mass is 341 g/mol. The average Bonchev–Trinajstić information content (AvgIpc) is 2.63. The third-order valence-corrected chi connectivity index (χ3v) is 3.32. The number of amides is 3.